The molecular formula is C24H36O4. The van der Waals surface area contributed by atoms with Crippen LogP contribution in [0.2, 0.25) is 0 Å². The van der Waals surface area contributed by atoms with Gasteiger partial charge in [-0.25, -0.2) is 0 Å². The van der Waals surface area contributed by atoms with E-state index in [1.165, 1.54) is 0 Å². The van der Waals surface area contributed by atoms with E-state index >= 15 is 0 Å². The Hall–Kier alpha value is -1.78. The lowest BCUT2D eigenvalue weighted by molar-refractivity contribution is 0.147. The van der Waals surface area contributed by atoms with Gasteiger partial charge in [-0.2, -0.15) is 0 Å². The molecule has 2 aromatic rings. The van der Waals surface area contributed by atoms with Gasteiger partial charge in [0.05, 0.1) is 0 Å². The normalized spacial score (nSPS) is 12.9. The van der Waals surface area contributed by atoms with Crippen LogP contribution in [0.15, 0.2) is 33.1 Å². The van der Waals surface area contributed by atoms with Crippen molar-refractivity contribution in [2.24, 2.45) is 10.8 Å². The molecule has 0 aliphatic carbocycles. The lowest BCUT2D eigenvalue weighted by Gasteiger charge is -2.20. The number of furan rings is 2. The molecule has 2 heterocycles. The second kappa shape index (κ2) is 10.1. The van der Waals surface area contributed by atoms with Crippen LogP contribution in [-0.4, -0.2) is 23.4 Å². The minimum absolute atomic E-state index is 0.0276. The highest BCUT2D eigenvalue weighted by molar-refractivity contribution is 5.64. The number of aliphatic hydroxyl groups excluding tert-OH is 2. The Morgan fingerprint density at radius 1 is 0.714 bits per heavy atom. The molecular weight excluding hydrogens is 352 g/mol. The monoisotopic (exact) mass is 388 g/mol. The van der Waals surface area contributed by atoms with E-state index in [2.05, 4.69) is 27.7 Å². The van der Waals surface area contributed by atoms with Crippen LogP contribution >= 0.6 is 0 Å². The van der Waals surface area contributed by atoms with Crippen LogP contribution in [0.3, 0.4) is 0 Å². The third-order valence-electron chi connectivity index (χ3n) is 5.19. The van der Waals surface area contributed by atoms with Gasteiger partial charge in [-0.3, -0.25) is 0 Å². The van der Waals surface area contributed by atoms with Crippen molar-refractivity contribution in [3.63, 3.8) is 0 Å². The highest BCUT2D eigenvalue weighted by atomic mass is 16.3. The van der Waals surface area contributed by atoms with E-state index in [1.807, 2.05) is 36.4 Å². The molecule has 2 rings (SSSR count). The Balaban J connectivity index is 1.80. The first kappa shape index (κ1) is 22.5. The molecule has 0 spiro atoms. The molecule has 0 saturated heterocycles. The molecule has 0 aromatic carbocycles. The SMILES string of the molecule is CC(C)(CO)CCCc1ccc(C=Cc2ccc(CCCC(C)(C)CO)o2)o1. The van der Waals surface area contributed by atoms with E-state index in [0.29, 0.717) is 0 Å². The summed E-state index contributed by atoms with van der Waals surface area (Å²) in [6.07, 6.45) is 9.56. The second-order valence-corrected chi connectivity index (χ2v) is 9.29. The molecule has 0 aliphatic rings. The summed E-state index contributed by atoms with van der Waals surface area (Å²) in [6, 6.07) is 7.98. The molecule has 4 nitrogen and oxygen atoms in total. The van der Waals surface area contributed by atoms with Gasteiger partial charge in [0.2, 0.25) is 0 Å². The van der Waals surface area contributed by atoms with Gasteiger partial charge in [0.15, 0.2) is 0 Å². The van der Waals surface area contributed by atoms with Crippen LogP contribution in [0.4, 0.5) is 0 Å². The number of hydrogen-bond donors (Lipinski definition) is 2. The summed E-state index contributed by atoms with van der Waals surface area (Å²) in [7, 11) is 0. The third-order valence-corrected chi connectivity index (χ3v) is 5.19. The molecule has 2 aromatic heterocycles. The van der Waals surface area contributed by atoms with Gasteiger partial charge in [0.25, 0.3) is 0 Å². The van der Waals surface area contributed by atoms with Crippen molar-refractivity contribution >= 4 is 12.2 Å². The molecule has 0 fully saturated rings. The van der Waals surface area contributed by atoms with Crippen LogP contribution in [-0.2, 0) is 12.8 Å². The molecule has 0 aliphatic heterocycles. The predicted octanol–water partition coefficient (Wildman–Crippen LogP) is 5.73. The average Bonchev–Trinajstić information content (AvgIpc) is 3.29. The van der Waals surface area contributed by atoms with Crippen molar-refractivity contribution in [1.82, 2.24) is 0 Å². The summed E-state index contributed by atoms with van der Waals surface area (Å²) in [5, 5.41) is 18.6. The Morgan fingerprint density at radius 3 is 1.46 bits per heavy atom. The summed E-state index contributed by atoms with van der Waals surface area (Å²) in [6.45, 7) is 8.73. The maximum absolute atomic E-state index is 9.32. The Labute approximate surface area is 169 Å². The van der Waals surface area contributed by atoms with E-state index < -0.39 is 0 Å². The standard InChI is InChI=1S/C24H36O4/c1-23(2,17-25)15-5-7-19-9-11-21(27-19)13-14-22-12-10-20(28-22)8-6-16-24(3,4)18-26/h9-14,25-26H,5-8,15-18H2,1-4H3. The smallest absolute Gasteiger partial charge is 0.127 e. The minimum Gasteiger partial charge on any atom is -0.462 e. The summed E-state index contributed by atoms with van der Waals surface area (Å²) in [5.74, 6) is 3.58. The summed E-state index contributed by atoms with van der Waals surface area (Å²) < 4.78 is 11.7. The Morgan fingerprint density at radius 2 is 1.11 bits per heavy atom. The van der Waals surface area contributed by atoms with E-state index in [4.69, 9.17) is 8.83 Å². The maximum Gasteiger partial charge on any atom is 0.127 e. The van der Waals surface area contributed by atoms with Crippen LogP contribution in [0.25, 0.3) is 12.2 Å². The molecule has 0 saturated carbocycles. The fourth-order valence-corrected chi connectivity index (χ4v) is 3.04. The molecule has 0 atom stereocenters. The zero-order valence-corrected chi connectivity index (χ0v) is 17.8. The Bertz CT molecular complexity index is 671. The molecule has 0 bridgehead atoms. The van der Waals surface area contributed by atoms with Gasteiger partial charge >= 0.3 is 0 Å². The van der Waals surface area contributed by atoms with Crippen molar-refractivity contribution < 1.29 is 19.0 Å². The van der Waals surface area contributed by atoms with E-state index in [9.17, 15) is 10.2 Å². The first-order valence-electron chi connectivity index (χ1n) is 10.3. The largest absolute Gasteiger partial charge is 0.462 e. The maximum atomic E-state index is 9.32. The number of aryl methyl sites for hydroxylation is 2. The number of rotatable bonds is 12. The van der Waals surface area contributed by atoms with Gasteiger partial charge in [-0.1, -0.05) is 27.7 Å². The molecule has 2 N–H and O–H groups in total. The van der Waals surface area contributed by atoms with Crippen LogP contribution in [0.1, 0.15) is 76.4 Å². The molecule has 4 heteroatoms. The van der Waals surface area contributed by atoms with Crippen LogP contribution in [0.5, 0.6) is 0 Å². The van der Waals surface area contributed by atoms with E-state index in [1.54, 1.807) is 0 Å². The summed E-state index contributed by atoms with van der Waals surface area (Å²) in [4.78, 5) is 0. The van der Waals surface area contributed by atoms with Crippen LogP contribution < -0.4 is 0 Å². The fourth-order valence-electron chi connectivity index (χ4n) is 3.04. The topological polar surface area (TPSA) is 66.7 Å². The fraction of sp³-hybridized carbons (Fsp3) is 0.583. The first-order chi connectivity index (χ1) is 13.2. The highest BCUT2D eigenvalue weighted by Crippen LogP contribution is 2.24. The van der Waals surface area contributed by atoms with E-state index in [-0.39, 0.29) is 24.0 Å². The van der Waals surface area contributed by atoms with Gasteiger partial charge < -0.3 is 19.0 Å². The quantitative estimate of drug-likeness (QED) is 0.487. The molecule has 0 radical (unpaired) electrons. The lowest BCUT2D eigenvalue weighted by atomic mass is 9.88. The molecule has 28 heavy (non-hydrogen) atoms. The van der Waals surface area contributed by atoms with Gasteiger partial charge in [-0.05, 0) is 72.9 Å². The molecule has 0 unspecified atom stereocenters. The molecule has 0 amide bonds. The number of hydrogen-bond acceptors (Lipinski definition) is 4. The van der Waals surface area contributed by atoms with E-state index in [0.717, 1.165) is 61.6 Å². The summed E-state index contributed by atoms with van der Waals surface area (Å²) in [5.41, 5.74) is -0.0552. The van der Waals surface area contributed by atoms with Gasteiger partial charge in [0, 0.05) is 26.1 Å². The third kappa shape index (κ3) is 7.69. The van der Waals surface area contributed by atoms with Crippen molar-refractivity contribution in [2.45, 2.75) is 66.2 Å². The Kier molecular flexibility index (Phi) is 8.14. The second-order valence-electron chi connectivity index (χ2n) is 9.29. The predicted molar refractivity (Wildman–Crippen MR) is 114 cm³/mol. The van der Waals surface area contributed by atoms with Crippen molar-refractivity contribution in [1.29, 1.82) is 0 Å². The lowest BCUT2D eigenvalue weighted by Crippen LogP contribution is -2.16. The number of aliphatic hydroxyl groups is 2. The average molecular weight is 389 g/mol. The van der Waals surface area contributed by atoms with Gasteiger partial charge in [0.1, 0.15) is 23.0 Å². The van der Waals surface area contributed by atoms with Crippen LogP contribution in [0, 0.1) is 10.8 Å². The molecule has 156 valence electrons. The van der Waals surface area contributed by atoms with Crippen molar-refractivity contribution in [2.75, 3.05) is 13.2 Å². The zero-order chi connectivity index (χ0) is 20.6. The first-order valence-corrected chi connectivity index (χ1v) is 10.3. The highest BCUT2D eigenvalue weighted by Gasteiger charge is 2.16. The van der Waals surface area contributed by atoms with Crippen molar-refractivity contribution in [3.8, 4) is 0 Å². The zero-order valence-electron chi connectivity index (χ0n) is 17.8. The van der Waals surface area contributed by atoms with Crippen molar-refractivity contribution in [3.05, 3.63) is 47.3 Å². The minimum atomic E-state index is -0.0276. The summed E-state index contributed by atoms with van der Waals surface area (Å²) >= 11 is 0. The van der Waals surface area contributed by atoms with Gasteiger partial charge in [-0.15, -0.1) is 0 Å².